The van der Waals surface area contributed by atoms with E-state index in [0.717, 1.165) is 30.9 Å². The van der Waals surface area contributed by atoms with Crippen molar-refractivity contribution < 1.29 is 9.90 Å². The van der Waals surface area contributed by atoms with E-state index in [1.807, 2.05) is 20.0 Å². The molecule has 0 unspecified atom stereocenters. The van der Waals surface area contributed by atoms with Crippen molar-refractivity contribution in [2.75, 3.05) is 13.1 Å². The van der Waals surface area contributed by atoms with Crippen LogP contribution < -0.4 is 5.56 Å². The van der Waals surface area contributed by atoms with Crippen LogP contribution in [0, 0.1) is 0 Å². The van der Waals surface area contributed by atoms with Gasteiger partial charge < -0.3 is 14.7 Å². The molecule has 3 rings (SSSR count). The maximum absolute atomic E-state index is 12.1. The number of aromatic carboxylic acids is 1. The third kappa shape index (κ3) is 3.54. The number of carboxylic acids is 1. The Morgan fingerprint density at radius 1 is 1.24 bits per heavy atom. The quantitative estimate of drug-likeness (QED) is 0.875. The van der Waals surface area contributed by atoms with E-state index in [2.05, 4.69) is 20.5 Å². The van der Waals surface area contributed by atoms with E-state index in [1.54, 1.807) is 0 Å². The monoisotopic (exact) mass is 343 g/mol. The molecule has 1 aliphatic rings. The van der Waals surface area contributed by atoms with Crippen LogP contribution in [0.2, 0.25) is 0 Å². The molecule has 0 aromatic carbocycles. The molecular formula is C19H25N3O3. The molecule has 1 aliphatic heterocycles. The molecule has 25 heavy (non-hydrogen) atoms. The van der Waals surface area contributed by atoms with Crippen LogP contribution in [0.4, 0.5) is 0 Å². The molecule has 0 bridgehead atoms. The van der Waals surface area contributed by atoms with Gasteiger partial charge in [-0.15, -0.1) is 0 Å². The van der Waals surface area contributed by atoms with Gasteiger partial charge in [0.15, 0.2) is 0 Å². The van der Waals surface area contributed by atoms with Gasteiger partial charge in [0.25, 0.3) is 5.56 Å². The summed E-state index contributed by atoms with van der Waals surface area (Å²) in [6.07, 6.45) is 4.47. The second-order valence-corrected chi connectivity index (χ2v) is 6.68. The van der Waals surface area contributed by atoms with Gasteiger partial charge >= 0.3 is 5.97 Å². The van der Waals surface area contributed by atoms with Gasteiger partial charge in [0, 0.05) is 19.3 Å². The number of carboxylic acid groups (broad SMARTS) is 1. The molecule has 0 amide bonds. The molecule has 1 fully saturated rings. The molecule has 6 nitrogen and oxygen atoms in total. The summed E-state index contributed by atoms with van der Waals surface area (Å²) < 4.78 is 2.10. The largest absolute Gasteiger partial charge is 0.477 e. The first-order valence-electron chi connectivity index (χ1n) is 8.88. The normalized spacial score (nSPS) is 15.4. The lowest BCUT2D eigenvalue weighted by Gasteiger charge is -2.26. The fourth-order valence-corrected chi connectivity index (χ4v) is 3.55. The van der Waals surface area contributed by atoms with Gasteiger partial charge in [0.1, 0.15) is 5.56 Å². The lowest BCUT2D eigenvalue weighted by Crippen LogP contribution is -2.29. The third-order valence-electron chi connectivity index (χ3n) is 5.05. The van der Waals surface area contributed by atoms with E-state index in [0.29, 0.717) is 12.1 Å². The smallest absolute Gasteiger partial charge is 0.341 e. The summed E-state index contributed by atoms with van der Waals surface area (Å²) in [5, 5.41) is 9.16. The van der Waals surface area contributed by atoms with Crippen LogP contribution in [0.3, 0.4) is 0 Å². The van der Waals surface area contributed by atoms with Crippen LogP contribution in [-0.4, -0.2) is 38.6 Å². The molecule has 2 aromatic heterocycles. The molecular weight excluding hydrogens is 318 g/mol. The van der Waals surface area contributed by atoms with Crippen LogP contribution in [-0.2, 0) is 20.0 Å². The molecule has 6 heteroatoms. The maximum Gasteiger partial charge on any atom is 0.341 e. The van der Waals surface area contributed by atoms with Crippen molar-refractivity contribution in [3.63, 3.8) is 0 Å². The number of carbonyl (C=O) groups is 1. The van der Waals surface area contributed by atoms with Crippen LogP contribution in [0.15, 0.2) is 23.0 Å². The number of nitrogens with one attached hydrogen (secondary N) is 1. The number of aryl methyl sites for hydroxylation is 1. The molecule has 134 valence electrons. The van der Waals surface area contributed by atoms with Gasteiger partial charge in [-0.25, -0.2) is 4.79 Å². The number of piperidine rings is 1. The van der Waals surface area contributed by atoms with Gasteiger partial charge in [0.2, 0.25) is 0 Å². The van der Waals surface area contributed by atoms with E-state index < -0.39 is 11.5 Å². The van der Waals surface area contributed by atoms with Crippen molar-refractivity contribution in [1.29, 1.82) is 0 Å². The van der Waals surface area contributed by atoms with Gasteiger partial charge in [-0.1, -0.05) is 13.3 Å². The predicted octanol–water partition coefficient (Wildman–Crippen LogP) is 2.63. The highest BCUT2D eigenvalue weighted by atomic mass is 16.4. The Balaban J connectivity index is 1.95. The molecule has 0 aliphatic carbocycles. The van der Waals surface area contributed by atoms with Crippen molar-refractivity contribution in [3.8, 4) is 11.4 Å². The summed E-state index contributed by atoms with van der Waals surface area (Å²) in [7, 11) is 2.00. The lowest BCUT2D eigenvalue weighted by molar-refractivity contribution is 0.0695. The summed E-state index contributed by atoms with van der Waals surface area (Å²) in [5.74, 6) is -1.19. The van der Waals surface area contributed by atoms with E-state index in [4.69, 9.17) is 5.11 Å². The van der Waals surface area contributed by atoms with E-state index in [9.17, 15) is 9.59 Å². The van der Waals surface area contributed by atoms with Crippen LogP contribution in [0.25, 0.3) is 11.4 Å². The summed E-state index contributed by atoms with van der Waals surface area (Å²) >= 11 is 0. The zero-order chi connectivity index (χ0) is 18.0. The Hall–Kier alpha value is -2.34. The van der Waals surface area contributed by atoms with Crippen molar-refractivity contribution >= 4 is 5.97 Å². The third-order valence-corrected chi connectivity index (χ3v) is 5.05. The summed E-state index contributed by atoms with van der Waals surface area (Å²) in [6.45, 7) is 5.12. The summed E-state index contributed by atoms with van der Waals surface area (Å²) in [5.41, 5.74) is 2.90. The molecule has 0 atom stereocenters. The van der Waals surface area contributed by atoms with Gasteiger partial charge in [0.05, 0.1) is 11.4 Å². The number of likely N-dealkylation sites (tertiary alicyclic amines) is 1. The highest BCUT2D eigenvalue weighted by Crippen LogP contribution is 2.25. The minimum absolute atomic E-state index is 0.205. The highest BCUT2D eigenvalue weighted by Gasteiger charge is 2.18. The van der Waals surface area contributed by atoms with Crippen molar-refractivity contribution in [2.45, 2.75) is 39.2 Å². The van der Waals surface area contributed by atoms with Gasteiger partial charge in [-0.3, -0.25) is 9.69 Å². The number of rotatable bonds is 5. The SMILES string of the molecule is CCc1cc(C(=O)O)c(=O)[nH]c1-c1ccc(CN2CCCCC2)n1C. The number of nitrogens with zero attached hydrogens (tertiary/aromatic N) is 2. The zero-order valence-electron chi connectivity index (χ0n) is 14.8. The maximum atomic E-state index is 12.1. The predicted molar refractivity (Wildman–Crippen MR) is 96.9 cm³/mol. The first-order chi connectivity index (χ1) is 12.0. The fourth-order valence-electron chi connectivity index (χ4n) is 3.55. The molecule has 1 saturated heterocycles. The minimum atomic E-state index is -1.19. The highest BCUT2D eigenvalue weighted by molar-refractivity contribution is 5.88. The Bertz CT molecular complexity index is 829. The number of aromatic amines is 1. The standard InChI is InChI=1S/C19H25N3O3/c1-3-13-11-15(19(24)25)18(23)20-17(13)16-8-7-14(21(16)2)12-22-9-5-4-6-10-22/h7-8,11H,3-6,9-10,12H2,1-2H3,(H,20,23)(H,24,25). The molecule has 3 heterocycles. The van der Waals surface area contributed by atoms with Crippen LogP contribution in [0.1, 0.15) is 47.8 Å². The molecule has 2 N–H and O–H groups in total. The first kappa shape index (κ1) is 17.5. The zero-order valence-corrected chi connectivity index (χ0v) is 14.8. The Morgan fingerprint density at radius 2 is 1.96 bits per heavy atom. The van der Waals surface area contributed by atoms with Crippen LogP contribution in [0.5, 0.6) is 0 Å². The number of aromatic nitrogens is 2. The topological polar surface area (TPSA) is 78.3 Å². The average Bonchev–Trinajstić information content (AvgIpc) is 2.96. The van der Waals surface area contributed by atoms with Crippen LogP contribution >= 0.6 is 0 Å². The molecule has 0 spiro atoms. The number of hydrogen-bond donors (Lipinski definition) is 2. The number of hydrogen-bond acceptors (Lipinski definition) is 3. The van der Waals surface area contributed by atoms with E-state index >= 15 is 0 Å². The Morgan fingerprint density at radius 3 is 2.60 bits per heavy atom. The lowest BCUT2D eigenvalue weighted by atomic mass is 10.1. The second kappa shape index (κ2) is 7.27. The summed E-state index contributed by atoms with van der Waals surface area (Å²) in [4.78, 5) is 28.5. The number of pyridine rings is 1. The van der Waals surface area contributed by atoms with Gasteiger partial charge in [-0.05, 0) is 56.1 Å². The first-order valence-corrected chi connectivity index (χ1v) is 8.88. The Labute approximate surface area is 147 Å². The van der Waals surface area contributed by atoms with Crippen molar-refractivity contribution in [3.05, 3.63) is 45.4 Å². The number of H-pyrrole nitrogens is 1. The molecule has 2 aromatic rings. The van der Waals surface area contributed by atoms with Crippen molar-refractivity contribution in [1.82, 2.24) is 14.5 Å². The van der Waals surface area contributed by atoms with Crippen molar-refractivity contribution in [2.24, 2.45) is 7.05 Å². The molecule has 0 radical (unpaired) electrons. The molecule has 0 saturated carbocycles. The summed E-state index contributed by atoms with van der Waals surface area (Å²) in [6, 6.07) is 5.59. The minimum Gasteiger partial charge on any atom is -0.477 e. The van der Waals surface area contributed by atoms with Gasteiger partial charge in [-0.2, -0.15) is 0 Å². The second-order valence-electron chi connectivity index (χ2n) is 6.68. The average molecular weight is 343 g/mol. The van der Waals surface area contributed by atoms with E-state index in [1.165, 1.54) is 31.0 Å². The Kier molecular flexibility index (Phi) is 5.08. The van der Waals surface area contributed by atoms with E-state index in [-0.39, 0.29) is 5.56 Å². The fraction of sp³-hybridized carbons (Fsp3) is 0.474.